The summed E-state index contributed by atoms with van der Waals surface area (Å²) in [6.07, 6.45) is 6.08. The van der Waals surface area contributed by atoms with Crippen molar-refractivity contribution in [3.8, 4) is 5.75 Å². The summed E-state index contributed by atoms with van der Waals surface area (Å²) < 4.78 is 11.8. The van der Waals surface area contributed by atoms with E-state index in [1.54, 1.807) is 0 Å². The maximum Gasteiger partial charge on any atom is 0.256 e. The minimum atomic E-state index is -0.675. The predicted octanol–water partition coefficient (Wildman–Crippen LogP) is 5.10. The van der Waals surface area contributed by atoms with Crippen molar-refractivity contribution in [3.63, 3.8) is 0 Å². The molecule has 25 heavy (non-hydrogen) atoms. The second-order valence-electron chi connectivity index (χ2n) is 7.48. The number of amides is 1. The molecule has 2 rings (SSSR count). The summed E-state index contributed by atoms with van der Waals surface area (Å²) in [5, 5.41) is 3.08. The highest BCUT2D eigenvalue weighted by molar-refractivity contribution is 5.97. The first-order valence-electron chi connectivity index (χ1n) is 9.65. The Bertz CT molecular complexity index is 560. The van der Waals surface area contributed by atoms with Gasteiger partial charge in [0.2, 0.25) is 0 Å². The van der Waals surface area contributed by atoms with Crippen LogP contribution in [0.25, 0.3) is 0 Å². The van der Waals surface area contributed by atoms with Gasteiger partial charge in [-0.05, 0) is 56.4 Å². The van der Waals surface area contributed by atoms with E-state index in [4.69, 9.17) is 9.47 Å². The first-order valence-corrected chi connectivity index (χ1v) is 9.65. The third kappa shape index (κ3) is 5.46. The Balaban J connectivity index is 2.08. The summed E-state index contributed by atoms with van der Waals surface area (Å²) >= 11 is 0. The smallest absolute Gasteiger partial charge is 0.256 e. The third-order valence-corrected chi connectivity index (χ3v) is 4.75. The number of anilines is 1. The van der Waals surface area contributed by atoms with Gasteiger partial charge in [-0.1, -0.05) is 39.5 Å². The minimum absolute atomic E-state index is 0.00787. The molecule has 0 spiro atoms. The van der Waals surface area contributed by atoms with Gasteiger partial charge in [0, 0.05) is 12.3 Å². The summed E-state index contributed by atoms with van der Waals surface area (Å²) in [7, 11) is 0. The number of carbonyl (C=O) groups is 1. The number of hydrogen-bond donors (Lipinski definition) is 1. The molecule has 1 aromatic rings. The second-order valence-corrected chi connectivity index (χ2v) is 7.48. The van der Waals surface area contributed by atoms with Gasteiger partial charge in [-0.3, -0.25) is 4.79 Å². The summed E-state index contributed by atoms with van der Waals surface area (Å²) in [6.45, 7) is 9.49. The molecule has 140 valence electrons. The van der Waals surface area contributed by atoms with Crippen molar-refractivity contribution in [2.45, 2.75) is 71.8 Å². The van der Waals surface area contributed by atoms with E-state index in [-0.39, 0.29) is 5.91 Å². The van der Waals surface area contributed by atoms with E-state index in [9.17, 15) is 4.79 Å². The molecular weight excluding hydrogens is 314 g/mol. The van der Waals surface area contributed by atoms with Crippen LogP contribution in [0.15, 0.2) is 18.2 Å². The maximum absolute atomic E-state index is 13.0. The first-order chi connectivity index (χ1) is 12.0. The van der Waals surface area contributed by atoms with Gasteiger partial charge in [-0.15, -0.1) is 0 Å². The zero-order valence-electron chi connectivity index (χ0n) is 16.2. The van der Waals surface area contributed by atoms with Crippen LogP contribution in [0.4, 0.5) is 5.69 Å². The lowest BCUT2D eigenvalue weighted by Crippen LogP contribution is -2.45. The van der Waals surface area contributed by atoms with Crippen LogP contribution in [0.1, 0.15) is 64.9 Å². The van der Waals surface area contributed by atoms with Gasteiger partial charge in [0.25, 0.3) is 5.91 Å². The Labute approximate surface area is 152 Å². The Morgan fingerprint density at radius 1 is 1.20 bits per heavy atom. The fraction of sp³-hybridized carbons (Fsp3) is 0.667. The van der Waals surface area contributed by atoms with Gasteiger partial charge in [-0.2, -0.15) is 0 Å². The van der Waals surface area contributed by atoms with E-state index in [1.165, 1.54) is 12.8 Å². The quantitative estimate of drug-likeness (QED) is 0.698. The van der Waals surface area contributed by atoms with Crippen LogP contribution in [-0.4, -0.2) is 24.7 Å². The van der Waals surface area contributed by atoms with Crippen molar-refractivity contribution in [2.75, 3.05) is 18.5 Å². The van der Waals surface area contributed by atoms with Crippen LogP contribution >= 0.6 is 0 Å². The highest BCUT2D eigenvalue weighted by Crippen LogP contribution is 2.32. The van der Waals surface area contributed by atoms with Crippen molar-refractivity contribution < 1.29 is 14.3 Å². The Morgan fingerprint density at radius 2 is 1.88 bits per heavy atom. The number of benzene rings is 1. The molecule has 0 unspecified atom stereocenters. The van der Waals surface area contributed by atoms with Crippen LogP contribution in [0, 0.1) is 12.8 Å². The number of nitrogens with one attached hydrogen (secondary N) is 1. The maximum atomic E-state index is 13.0. The fourth-order valence-electron chi connectivity index (χ4n) is 3.40. The molecule has 0 saturated heterocycles. The molecule has 0 radical (unpaired) electrons. The number of hydrogen-bond acceptors (Lipinski definition) is 3. The summed E-state index contributed by atoms with van der Waals surface area (Å²) in [5.74, 6) is 1.35. The molecule has 1 fully saturated rings. The largest absolute Gasteiger partial charge is 0.493 e. The molecule has 1 saturated carbocycles. The van der Waals surface area contributed by atoms with Crippen LogP contribution in [0.3, 0.4) is 0 Å². The molecule has 0 aromatic heterocycles. The van der Waals surface area contributed by atoms with Crippen LogP contribution in [-0.2, 0) is 9.53 Å². The fourth-order valence-corrected chi connectivity index (χ4v) is 3.40. The standard InChI is InChI=1S/C21H33NO3/c1-5-25-21(12-8-6-7-9-13-21)20(23)22-18-10-11-19(17(4)14-18)24-15-16(2)3/h10-11,14,16H,5-9,12-13,15H2,1-4H3,(H,22,23). The number of rotatable bonds is 7. The zero-order chi connectivity index (χ0) is 18.3. The molecule has 1 N–H and O–H groups in total. The average molecular weight is 347 g/mol. The van der Waals surface area contributed by atoms with Gasteiger partial charge in [0.1, 0.15) is 11.4 Å². The molecule has 0 heterocycles. The lowest BCUT2D eigenvalue weighted by atomic mass is 9.92. The Hall–Kier alpha value is -1.55. The van der Waals surface area contributed by atoms with Gasteiger partial charge >= 0.3 is 0 Å². The molecular formula is C21H33NO3. The lowest BCUT2D eigenvalue weighted by Gasteiger charge is -2.31. The van der Waals surface area contributed by atoms with Gasteiger partial charge in [-0.25, -0.2) is 0 Å². The molecule has 0 bridgehead atoms. The van der Waals surface area contributed by atoms with E-state index < -0.39 is 5.60 Å². The van der Waals surface area contributed by atoms with E-state index in [0.29, 0.717) is 19.1 Å². The molecule has 4 heteroatoms. The zero-order valence-corrected chi connectivity index (χ0v) is 16.2. The van der Waals surface area contributed by atoms with Crippen LogP contribution in [0.5, 0.6) is 5.75 Å². The Morgan fingerprint density at radius 3 is 2.44 bits per heavy atom. The van der Waals surface area contributed by atoms with Crippen molar-refractivity contribution in [1.29, 1.82) is 0 Å². The highest BCUT2D eigenvalue weighted by Gasteiger charge is 2.39. The van der Waals surface area contributed by atoms with E-state index in [2.05, 4.69) is 19.2 Å². The molecule has 1 aliphatic rings. The Kier molecular flexibility index (Phi) is 7.30. The van der Waals surface area contributed by atoms with E-state index in [1.807, 2.05) is 32.0 Å². The molecule has 1 aromatic carbocycles. The van der Waals surface area contributed by atoms with Crippen molar-refractivity contribution in [1.82, 2.24) is 0 Å². The minimum Gasteiger partial charge on any atom is -0.493 e. The summed E-state index contributed by atoms with van der Waals surface area (Å²) in [5.41, 5.74) is 1.17. The SMILES string of the molecule is CCOC1(C(=O)Nc2ccc(OCC(C)C)c(C)c2)CCCCCC1. The summed E-state index contributed by atoms with van der Waals surface area (Å²) in [6, 6.07) is 5.83. The van der Waals surface area contributed by atoms with Crippen molar-refractivity contribution >= 4 is 11.6 Å². The van der Waals surface area contributed by atoms with Gasteiger partial charge in [0.05, 0.1) is 6.61 Å². The second kappa shape index (κ2) is 9.23. The highest BCUT2D eigenvalue weighted by atomic mass is 16.5. The first kappa shape index (κ1) is 19.8. The number of carbonyl (C=O) groups excluding carboxylic acids is 1. The van der Waals surface area contributed by atoms with Crippen LogP contribution < -0.4 is 10.1 Å². The van der Waals surface area contributed by atoms with Gasteiger partial charge < -0.3 is 14.8 Å². The predicted molar refractivity (Wildman–Crippen MR) is 102 cm³/mol. The molecule has 0 aliphatic heterocycles. The topological polar surface area (TPSA) is 47.6 Å². The lowest BCUT2D eigenvalue weighted by molar-refractivity contribution is -0.143. The average Bonchev–Trinajstić information content (AvgIpc) is 2.81. The van der Waals surface area contributed by atoms with Crippen molar-refractivity contribution in [3.05, 3.63) is 23.8 Å². The number of ether oxygens (including phenoxy) is 2. The molecule has 1 aliphatic carbocycles. The monoisotopic (exact) mass is 347 g/mol. The van der Waals surface area contributed by atoms with E-state index >= 15 is 0 Å². The van der Waals surface area contributed by atoms with Gasteiger partial charge in [0.15, 0.2) is 0 Å². The number of aryl methyl sites for hydroxylation is 1. The van der Waals surface area contributed by atoms with Crippen LogP contribution in [0.2, 0.25) is 0 Å². The molecule has 1 amide bonds. The molecule has 4 nitrogen and oxygen atoms in total. The molecule has 0 atom stereocenters. The van der Waals surface area contributed by atoms with Crippen molar-refractivity contribution in [2.24, 2.45) is 5.92 Å². The van der Waals surface area contributed by atoms with E-state index in [0.717, 1.165) is 42.7 Å². The normalized spacial score (nSPS) is 17.2. The summed E-state index contributed by atoms with van der Waals surface area (Å²) in [4.78, 5) is 13.0. The third-order valence-electron chi connectivity index (χ3n) is 4.75.